The van der Waals surface area contributed by atoms with Crippen LogP contribution in [0.15, 0.2) is 16.5 Å². The van der Waals surface area contributed by atoms with E-state index >= 15 is 0 Å². The maximum Gasteiger partial charge on any atom is 0.176 e. The predicted molar refractivity (Wildman–Crippen MR) is 83.4 cm³/mol. The van der Waals surface area contributed by atoms with Crippen LogP contribution in [-0.4, -0.2) is 14.2 Å². The van der Waals surface area contributed by atoms with Gasteiger partial charge in [0.05, 0.1) is 13.7 Å². The van der Waals surface area contributed by atoms with Gasteiger partial charge in [0.1, 0.15) is 5.76 Å². The van der Waals surface area contributed by atoms with E-state index in [0.29, 0.717) is 5.92 Å². The Balaban J connectivity index is 2.66. The number of benzene rings is 1. The summed E-state index contributed by atoms with van der Waals surface area (Å²) in [5.74, 6) is 2.47. The lowest BCUT2D eigenvalue weighted by molar-refractivity contribution is 0.406. The Morgan fingerprint density at radius 1 is 1.30 bits per heavy atom. The van der Waals surface area contributed by atoms with Gasteiger partial charge in [0.15, 0.2) is 11.3 Å². The van der Waals surface area contributed by atoms with Crippen LogP contribution >= 0.6 is 0 Å². The van der Waals surface area contributed by atoms with Gasteiger partial charge in [-0.05, 0) is 43.5 Å². The van der Waals surface area contributed by atoms with Gasteiger partial charge in [0.2, 0.25) is 0 Å². The van der Waals surface area contributed by atoms with E-state index in [4.69, 9.17) is 9.15 Å². The van der Waals surface area contributed by atoms with Gasteiger partial charge in [-0.25, -0.2) is 0 Å². The Bertz CT molecular complexity index is 584. The Labute approximate surface area is 121 Å². The van der Waals surface area contributed by atoms with Crippen molar-refractivity contribution in [2.45, 2.75) is 40.2 Å². The molecule has 0 saturated carbocycles. The zero-order valence-electron chi connectivity index (χ0n) is 13.2. The molecule has 0 unspecified atom stereocenters. The molecule has 2 rings (SSSR count). The first kappa shape index (κ1) is 14.9. The number of rotatable bonds is 6. The van der Waals surface area contributed by atoms with Crippen molar-refractivity contribution in [2.24, 2.45) is 5.92 Å². The van der Waals surface area contributed by atoms with Crippen molar-refractivity contribution in [1.29, 1.82) is 0 Å². The molecule has 3 nitrogen and oxygen atoms in total. The van der Waals surface area contributed by atoms with Crippen LogP contribution in [0.5, 0.6) is 5.75 Å². The van der Waals surface area contributed by atoms with Crippen LogP contribution in [0.2, 0.25) is 0 Å². The van der Waals surface area contributed by atoms with Crippen molar-refractivity contribution < 1.29 is 9.15 Å². The van der Waals surface area contributed by atoms with Gasteiger partial charge in [-0.2, -0.15) is 0 Å². The van der Waals surface area contributed by atoms with Gasteiger partial charge < -0.3 is 14.5 Å². The molecule has 0 radical (unpaired) electrons. The minimum absolute atomic E-state index is 0.600. The Morgan fingerprint density at radius 3 is 2.60 bits per heavy atom. The highest BCUT2D eigenvalue weighted by Gasteiger charge is 2.18. The second-order valence-corrected chi connectivity index (χ2v) is 5.66. The number of hydrogen-bond donors (Lipinski definition) is 1. The highest BCUT2D eigenvalue weighted by atomic mass is 16.5. The van der Waals surface area contributed by atoms with Crippen molar-refractivity contribution in [2.75, 3.05) is 14.2 Å². The number of ether oxygens (including phenoxy) is 1. The Hall–Kier alpha value is -1.48. The third kappa shape index (κ3) is 2.83. The van der Waals surface area contributed by atoms with E-state index in [9.17, 15) is 0 Å². The third-order valence-electron chi connectivity index (χ3n) is 3.58. The van der Waals surface area contributed by atoms with Crippen molar-refractivity contribution in [3.8, 4) is 5.75 Å². The molecule has 1 aromatic heterocycles. The largest absolute Gasteiger partial charge is 0.493 e. The molecule has 1 aromatic carbocycles. The summed E-state index contributed by atoms with van der Waals surface area (Å²) < 4.78 is 11.6. The highest BCUT2D eigenvalue weighted by Crippen LogP contribution is 2.35. The molecular weight excluding hydrogens is 250 g/mol. The highest BCUT2D eigenvalue weighted by molar-refractivity contribution is 5.88. The van der Waals surface area contributed by atoms with E-state index in [1.165, 1.54) is 16.5 Å². The molecule has 0 amide bonds. The summed E-state index contributed by atoms with van der Waals surface area (Å²) in [6.07, 6.45) is 2.03. The summed E-state index contributed by atoms with van der Waals surface area (Å²) in [6, 6.07) is 4.33. The van der Waals surface area contributed by atoms with E-state index in [1.54, 1.807) is 7.11 Å². The molecule has 0 bridgehead atoms. The quantitative estimate of drug-likeness (QED) is 0.867. The zero-order valence-corrected chi connectivity index (χ0v) is 13.2. The molecule has 0 atom stereocenters. The Kier molecular flexibility index (Phi) is 4.71. The molecule has 1 N–H and O–H groups in total. The van der Waals surface area contributed by atoms with E-state index < -0.39 is 0 Å². The van der Waals surface area contributed by atoms with Crippen molar-refractivity contribution in [3.05, 3.63) is 29.0 Å². The molecule has 0 saturated heterocycles. The minimum Gasteiger partial charge on any atom is -0.493 e. The fourth-order valence-corrected chi connectivity index (χ4v) is 2.61. The maximum atomic E-state index is 6.07. The second-order valence-electron chi connectivity index (χ2n) is 5.66. The van der Waals surface area contributed by atoms with E-state index in [2.05, 4.69) is 38.2 Å². The number of furan rings is 1. The van der Waals surface area contributed by atoms with Gasteiger partial charge in [0.25, 0.3) is 0 Å². The molecule has 3 heteroatoms. The van der Waals surface area contributed by atoms with E-state index in [1.807, 2.05) is 7.05 Å². The number of nitrogens with one attached hydrogen (secondary N) is 1. The summed E-state index contributed by atoms with van der Waals surface area (Å²) >= 11 is 0. The monoisotopic (exact) mass is 275 g/mol. The predicted octanol–water partition coefficient (Wildman–Crippen LogP) is 3.92. The van der Waals surface area contributed by atoms with Crippen LogP contribution in [0.25, 0.3) is 11.0 Å². The maximum absolute atomic E-state index is 6.07. The number of methoxy groups -OCH3 is 1. The summed E-state index contributed by atoms with van der Waals surface area (Å²) in [4.78, 5) is 0. The fourth-order valence-electron chi connectivity index (χ4n) is 2.61. The molecule has 1 heterocycles. The van der Waals surface area contributed by atoms with Crippen LogP contribution < -0.4 is 10.1 Å². The van der Waals surface area contributed by atoms with Gasteiger partial charge in [0, 0.05) is 10.9 Å². The average Bonchev–Trinajstić information content (AvgIpc) is 2.76. The van der Waals surface area contributed by atoms with Gasteiger partial charge in [-0.1, -0.05) is 20.8 Å². The molecule has 2 aromatic rings. The molecular formula is C17H25NO2. The molecule has 0 fully saturated rings. The van der Waals surface area contributed by atoms with Crippen molar-refractivity contribution in [3.63, 3.8) is 0 Å². The van der Waals surface area contributed by atoms with Crippen LogP contribution in [0.3, 0.4) is 0 Å². The summed E-state index contributed by atoms with van der Waals surface area (Å²) in [7, 11) is 3.65. The van der Waals surface area contributed by atoms with Gasteiger partial charge in [-0.15, -0.1) is 0 Å². The zero-order chi connectivity index (χ0) is 14.7. The average molecular weight is 275 g/mol. The summed E-state index contributed by atoms with van der Waals surface area (Å²) in [5, 5.41) is 4.40. The third-order valence-corrected chi connectivity index (χ3v) is 3.58. The van der Waals surface area contributed by atoms with Crippen LogP contribution in [0, 0.1) is 5.92 Å². The summed E-state index contributed by atoms with van der Waals surface area (Å²) in [6.45, 7) is 7.39. The number of hydrogen-bond acceptors (Lipinski definition) is 3. The number of aryl methyl sites for hydroxylation is 1. The van der Waals surface area contributed by atoms with Crippen LogP contribution in [0.1, 0.15) is 37.7 Å². The first-order valence-corrected chi connectivity index (χ1v) is 7.36. The SMILES string of the molecule is CCc1cc(OC)c2oc(CNC)c(CC(C)C)c2c1. The van der Waals surface area contributed by atoms with E-state index in [0.717, 1.165) is 36.5 Å². The van der Waals surface area contributed by atoms with Crippen molar-refractivity contribution in [1.82, 2.24) is 5.32 Å². The van der Waals surface area contributed by atoms with Crippen LogP contribution in [0.4, 0.5) is 0 Å². The molecule has 20 heavy (non-hydrogen) atoms. The molecule has 0 aliphatic heterocycles. The fraction of sp³-hybridized carbons (Fsp3) is 0.529. The lowest BCUT2D eigenvalue weighted by Crippen LogP contribution is -2.07. The number of fused-ring (bicyclic) bond motifs is 1. The Morgan fingerprint density at radius 2 is 2.05 bits per heavy atom. The second kappa shape index (κ2) is 6.31. The molecule has 0 spiro atoms. The molecule has 110 valence electrons. The smallest absolute Gasteiger partial charge is 0.176 e. The van der Waals surface area contributed by atoms with Crippen LogP contribution in [-0.2, 0) is 19.4 Å². The van der Waals surface area contributed by atoms with Gasteiger partial charge >= 0.3 is 0 Å². The first-order chi connectivity index (χ1) is 9.60. The minimum atomic E-state index is 0.600. The normalized spacial score (nSPS) is 11.5. The van der Waals surface area contributed by atoms with E-state index in [-0.39, 0.29) is 0 Å². The molecule has 0 aliphatic rings. The topological polar surface area (TPSA) is 34.4 Å². The lowest BCUT2D eigenvalue weighted by Gasteiger charge is -2.07. The van der Waals surface area contributed by atoms with Gasteiger partial charge in [-0.3, -0.25) is 0 Å². The summed E-state index contributed by atoms with van der Waals surface area (Å²) in [5.41, 5.74) is 3.49. The first-order valence-electron chi connectivity index (χ1n) is 7.36. The standard InChI is InChI=1S/C17H25NO2/c1-6-12-8-14-13(7-11(2)3)16(10-18-4)20-17(14)15(9-12)19-5/h8-9,11,18H,6-7,10H2,1-5H3. The van der Waals surface area contributed by atoms with Crippen molar-refractivity contribution >= 4 is 11.0 Å². The lowest BCUT2D eigenvalue weighted by atomic mass is 9.98. The molecule has 0 aliphatic carbocycles.